The van der Waals surface area contributed by atoms with Crippen LogP contribution in [0.15, 0.2) is 41.3 Å². The van der Waals surface area contributed by atoms with E-state index in [0.29, 0.717) is 10.6 Å². The Morgan fingerprint density at radius 2 is 1.76 bits per heavy atom. The van der Waals surface area contributed by atoms with Gasteiger partial charge in [-0.05, 0) is 29.8 Å². The van der Waals surface area contributed by atoms with Gasteiger partial charge >= 0.3 is 5.97 Å². The molecule has 0 saturated carbocycles. The van der Waals surface area contributed by atoms with Crippen molar-refractivity contribution < 1.29 is 18.3 Å². The van der Waals surface area contributed by atoms with Gasteiger partial charge in [0.05, 0.1) is 10.7 Å². The molecule has 1 aliphatic heterocycles. The number of nitrogens with one attached hydrogen (secondary N) is 1. The van der Waals surface area contributed by atoms with Crippen molar-refractivity contribution in [3.05, 3.63) is 57.0 Å². The lowest BCUT2D eigenvalue weighted by Gasteiger charge is -2.35. The Bertz CT molecular complexity index is 948. The topological polar surface area (TPSA) is 86.7 Å². The lowest BCUT2D eigenvalue weighted by Crippen LogP contribution is -2.52. The van der Waals surface area contributed by atoms with Crippen LogP contribution in [-0.2, 0) is 21.4 Å². The van der Waals surface area contributed by atoms with Crippen LogP contribution in [-0.4, -0.2) is 30.0 Å². The maximum atomic E-state index is 13.0. The number of anilines is 1. The van der Waals surface area contributed by atoms with E-state index >= 15 is 0 Å². The van der Waals surface area contributed by atoms with E-state index in [4.69, 9.17) is 34.8 Å². The molecule has 1 atom stereocenters. The van der Waals surface area contributed by atoms with Crippen molar-refractivity contribution in [3.63, 3.8) is 0 Å². The van der Waals surface area contributed by atoms with E-state index in [1.165, 1.54) is 12.1 Å². The first-order chi connectivity index (χ1) is 11.7. The van der Waals surface area contributed by atoms with Gasteiger partial charge in [0.15, 0.2) is 6.17 Å². The number of carboxylic acids is 1. The maximum Gasteiger partial charge on any atom is 0.342 e. The Morgan fingerprint density at radius 3 is 2.36 bits per heavy atom. The van der Waals surface area contributed by atoms with Gasteiger partial charge in [-0.25, -0.2) is 13.2 Å². The molecule has 1 unspecified atom stereocenters. The number of carbonyl (C=O) groups is 1. The summed E-state index contributed by atoms with van der Waals surface area (Å²) in [4.78, 5) is 11.4. The summed E-state index contributed by atoms with van der Waals surface area (Å²) in [7, 11) is -4.17. The predicted octanol–water partition coefficient (Wildman–Crippen LogP) is 3.67. The molecule has 2 aromatic carbocycles. The molecule has 1 heterocycles. The number of hydrogen-bond donors (Lipinski definition) is 2. The smallest absolute Gasteiger partial charge is 0.342 e. The first-order valence-electron chi connectivity index (χ1n) is 6.95. The van der Waals surface area contributed by atoms with Crippen molar-refractivity contribution >= 4 is 56.5 Å². The average molecular weight is 422 g/mol. The number of nitrogens with zero attached hydrogens (tertiary/aromatic N) is 1. The lowest BCUT2D eigenvalue weighted by molar-refractivity contribution is -0.140. The summed E-state index contributed by atoms with van der Waals surface area (Å²) < 4.78 is 26.8. The average Bonchev–Trinajstić information content (AvgIpc) is 2.50. The predicted molar refractivity (Wildman–Crippen MR) is 95.7 cm³/mol. The van der Waals surface area contributed by atoms with Gasteiger partial charge in [-0.15, -0.1) is 0 Å². The molecule has 0 aliphatic carbocycles. The SMILES string of the molecule is O=C(O)C1Nc2cc(Cl)cc(Cl)c2S(=O)(=O)N1Cc1ccc(Cl)cc1. The Hall–Kier alpha value is -1.51. The summed E-state index contributed by atoms with van der Waals surface area (Å²) in [6.45, 7) is -0.165. The number of rotatable bonds is 3. The van der Waals surface area contributed by atoms with E-state index in [-0.39, 0.29) is 27.2 Å². The van der Waals surface area contributed by atoms with E-state index in [9.17, 15) is 18.3 Å². The Balaban J connectivity index is 2.11. The molecule has 0 radical (unpaired) electrons. The van der Waals surface area contributed by atoms with Crippen LogP contribution in [0.1, 0.15) is 5.56 Å². The second-order valence-electron chi connectivity index (χ2n) is 5.33. The summed E-state index contributed by atoms with van der Waals surface area (Å²) in [5, 5.41) is 12.7. The number of halogens is 3. The quantitative estimate of drug-likeness (QED) is 0.789. The molecule has 1 aliphatic rings. The van der Waals surface area contributed by atoms with Crippen LogP contribution in [0.25, 0.3) is 0 Å². The number of hydrogen-bond acceptors (Lipinski definition) is 4. The fraction of sp³-hybridized carbons (Fsp3) is 0.133. The minimum absolute atomic E-state index is 0.0530. The highest BCUT2D eigenvalue weighted by Gasteiger charge is 2.43. The van der Waals surface area contributed by atoms with E-state index in [0.717, 1.165) is 4.31 Å². The van der Waals surface area contributed by atoms with Gasteiger partial charge in [0.2, 0.25) is 10.0 Å². The Morgan fingerprint density at radius 1 is 1.12 bits per heavy atom. The second kappa shape index (κ2) is 6.66. The highest BCUT2D eigenvalue weighted by Crippen LogP contribution is 2.39. The zero-order valence-corrected chi connectivity index (χ0v) is 15.5. The molecule has 2 N–H and O–H groups in total. The van der Waals surface area contributed by atoms with E-state index in [1.54, 1.807) is 24.3 Å². The van der Waals surface area contributed by atoms with Crippen LogP contribution in [0.4, 0.5) is 5.69 Å². The van der Waals surface area contributed by atoms with Gasteiger partial charge in [-0.1, -0.05) is 46.9 Å². The third-order valence-electron chi connectivity index (χ3n) is 3.64. The summed E-state index contributed by atoms with van der Waals surface area (Å²) in [5.74, 6) is -1.35. The van der Waals surface area contributed by atoms with Gasteiger partial charge in [0.1, 0.15) is 4.90 Å². The largest absolute Gasteiger partial charge is 0.479 e. The summed E-state index contributed by atoms with van der Waals surface area (Å²) in [6.07, 6.45) is -1.50. The number of sulfonamides is 1. The van der Waals surface area contributed by atoms with Crippen molar-refractivity contribution in [1.82, 2.24) is 4.31 Å². The Labute approximate surface area is 159 Å². The third-order valence-corrected chi connectivity index (χ3v) is 6.43. The van der Waals surface area contributed by atoms with Gasteiger partial charge in [-0.3, -0.25) is 0 Å². The monoisotopic (exact) mass is 420 g/mol. The van der Waals surface area contributed by atoms with Crippen molar-refractivity contribution in [2.45, 2.75) is 17.6 Å². The fourth-order valence-corrected chi connectivity index (χ4v) is 5.12. The third kappa shape index (κ3) is 3.43. The standard InChI is InChI=1S/C15H11Cl3N2O4S/c16-9-3-1-8(2-4-9)7-20-14(15(21)22)19-12-6-10(17)5-11(18)13(12)25(20,23)24/h1-6,14,19H,7H2,(H,21,22). The zero-order valence-electron chi connectivity index (χ0n) is 12.4. The van der Waals surface area contributed by atoms with E-state index in [2.05, 4.69) is 5.32 Å². The van der Waals surface area contributed by atoms with Gasteiger partial charge in [-0.2, -0.15) is 4.31 Å². The number of carboxylic acid groups (broad SMARTS) is 1. The molecule has 3 rings (SSSR count). The van der Waals surface area contributed by atoms with E-state index < -0.39 is 22.2 Å². The Kier molecular flexibility index (Phi) is 4.87. The van der Waals surface area contributed by atoms with Crippen LogP contribution >= 0.6 is 34.8 Å². The zero-order chi connectivity index (χ0) is 18.4. The van der Waals surface area contributed by atoms with Crippen LogP contribution in [0.5, 0.6) is 0 Å². The van der Waals surface area contributed by atoms with Crippen LogP contribution in [0, 0.1) is 0 Å². The molecule has 10 heteroatoms. The number of aliphatic carboxylic acids is 1. The molecule has 0 fully saturated rings. The summed E-state index contributed by atoms with van der Waals surface area (Å²) in [5.41, 5.74) is 0.631. The molecule has 132 valence electrons. The first-order valence-corrected chi connectivity index (χ1v) is 9.52. The van der Waals surface area contributed by atoms with Crippen LogP contribution in [0.3, 0.4) is 0 Å². The number of benzene rings is 2. The second-order valence-corrected chi connectivity index (χ2v) is 8.43. The van der Waals surface area contributed by atoms with Crippen molar-refractivity contribution in [1.29, 1.82) is 0 Å². The normalized spacial score (nSPS) is 19.1. The lowest BCUT2D eigenvalue weighted by atomic mass is 10.2. The summed E-state index contributed by atoms with van der Waals surface area (Å²) in [6, 6.07) is 9.05. The number of fused-ring (bicyclic) bond motifs is 1. The molecule has 0 bridgehead atoms. The minimum Gasteiger partial charge on any atom is -0.479 e. The van der Waals surface area contributed by atoms with Gasteiger partial charge < -0.3 is 10.4 Å². The van der Waals surface area contributed by atoms with E-state index in [1.807, 2.05) is 0 Å². The molecule has 0 saturated heterocycles. The van der Waals surface area contributed by atoms with Crippen molar-refractivity contribution in [2.75, 3.05) is 5.32 Å². The maximum absolute atomic E-state index is 13.0. The molecule has 0 spiro atoms. The molecular weight excluding hydrogens is 411 g/mol. The van der Waals surface area contributed by atoms with Gasteiger partial charge in [0.25, 0.3) is 0 Å². The van der Waals surface area contributed by atoms with Crippen LogP contribution < -0.4 is 5.32 Å². The van der Waals surface area contributed by atoms with Gasteiger partial charge in [0, 0.05) is 16.6 Å². The molecule has 0 amide bonds. The minimum atomic E-state index is -4.17. The van der Waals surface area contributed by atoms with Crippen molar-refractivity contribution in [3.8, 4) is 0 Å². The summed E-state index contributed by atoms with van der Waals surface area (Å²) >= 11 is 17.8. The fourth-order valence-electron chi connectivity index (χ4n) is 2.54. The molecule has 6 nitrogen and oxygen atoms in total. The van der Waals surface area contributed by atoms with Crippen LogP contribution in [0.2, 0.25) is 15.1 Å². The molecule has 25 heavy (non-hydrogen) atoms. The first kappa shape index (κ1) is 18.3. The van der Waals surface area contributed by atoms with Crippen molar-refractivity contribution in [2.24, 2.45) is 0 Å². The molecular formula is C15H11Cl3N2O4S. The molecule has 0 aromatic heterocycles. The highest BCUT2D eigenvalue weighted by molar-refractivity contribution is 7.89. The molecule has 2 aromatic rings. The highest BCUT2D eigenvalue weighted by atomic mass is 35.5.